The van der Waals surface area contributed by atoms with E-state index in [4.69, 9.17) is 4.74 Å². The molecule has 0 atom stereocenters. The number of aryl methyl sites for hydroxylation is 2. The Kier molecular flexibility index (Phi) is 4.20. The highest BCUT2D eigenvalue weighted by Gasteiger charge is 2.17. The van der Waals surface area contributed by atoms with Gasteiger partial charge >= 0.3 is 0 Å². The minimum Gasteiger partial charge on any atom is -0.493 e. The van der Waals surface area contributed by atoms with Crippen LogP contribution >= 0.6 is 0 Å². The SMILES string of the molecule is C1=C(CCN2CCCCC2)CCOc2cc3c(cc21)CCC3. The molecule has 3 aliphatic rings. The zero-order chi connectivity index (χ0) is 14.8. The molecule has 1 aromatic carbocycles. The summed E-state index contributed by atoms with van der Waals surface area (Å²) in [6, 6.07) is 4.70. The quantitative estimate of drug-likeness (QED) is 0.828. The maximum absolute atomic E-state index is 6.03. The van der Waals surface area contributed by atoms with Gasteiger partial charge in [-0.25, -0.2) is 0 Å². The summed E-state index contributed by atoms with van der Waals surface area (Å²) in [6.45, 7) is 4.67. The molecule has 0 aromatic heterocycles. The van der Waals surface area contributed by atoms with E-state index in [2.05, 4.69) is 23.1 Å². The molecule has 0 N–H and O–H groups in total. The van der Waals surface area contributed by atoms with Crippen molar-refractivity contribution < 1.29 is 4.74 Å². The number of piperidine rings is 1. The Morgan fingerprint density at radius 1 is 0.909 bits per heavy atom. The lowest BCUT2D eigenvalue weighted by Gasteiger charge is -2.26. The molecular formula is C20H27NO. The van der Waals surface area contributed by atoms with Crippen molar-refractivity contribution in [3.63, 3.8) is 0 Å². The number of fused-ring (bicyclic) bond motifs is 2. The predicted octanol–water partition coefficient (Wildman–Crippen LogP) is 4.22. The highest BCUT2D eigenvalue weighted by Crippen LogP contribution is 2.33. The summed E-state index contributed by atoms with van der Waals surface area (Å²) in [7, 11) is 0. The summed E-state index contributed by atoms with van der Waals surface area (Å²) in [5.41, 5.74) is 5.97. The lowest BCUT2D eigenvalue weighted by Crippen LogP contribution is -2.30. The molecule has 22 heavy (non-hydrogen) atoms. The zero-order valence-electron chi connectivity index (χ0n) is 13.6. The van der Waals surface area contributed by atoms with Gasteiger partial charge in [0.05, 0.1) is 6.61 Å². The van der Waals surface area contributed by atoms with Gasteiger partial charge in [0, 0.05) is 18.5 Å². The predicted molar refractivity (Wildman–Crippen MR) is 91.5 cm³/mol. The van der Waals surface area contributed by atoms with Crippen LogP contribution in [0.3, 0.4) is 0 Å². The molecule has 0 bridgehead atoms. The second kappa shape index (κ2) is 6.45. The normalized spacial score (nSPS) is 21.5. The molecule has 1 saturated heterocycles. The van der Waals surface area contributed by atoms with Crippen LogP contribution in [0.1, 0.15) is 55.2 Å². The fraction of sp³-hybridized carbons (Fsp3) is 0.600. The van der Waals surface area contributed by atoms with E-state index in [-0.39, 0.29) is 0 Å². The Bertz CT molecular complexity index is 569. The summed E-state index contributed by atoms with van der Waals surface area (Å²) in [5.74, 6) is 1.12. The average Bonchev–Trinajstić information content (AvgIpc) is 2.91. The molecule has 0 radical (unpaired) electrons. The van der Waals surface area contributed by atoms with Crippen LogP contribution in [0.4, 0.5) is 0 Å². The van der Waals surface area contributed by atoms with Gasteiger partial charge in [-0.1, -0.05) is 18.1 Å². The van der Waals surface area contributed by atoms with Crippen molar-refractivity contribution in [1.29, 1.82) is 0 Å². The van der Waals surface area contributed by atoms with Gasteiger partial charge in [0.2, 0.25) is 0 Å². The number of hydrogen-bond donors (Lipinski definition) is 0. The summed E-state index contributed by atoms with van der Waals surface area (Å²) >= 11 is 0. The first-order chi connectivity index (χ1) is 10.9. The third kappa shape index (κ3) is 3.08. The fourth-order valence-corrected chi connectivity index (χ4v) is 4.12. The van der Waals surface area contributed by atoms with Crippen LogP contribution in [0.5, 0.6) is 5.75 Å². The summed E-state index contributed by atoms with van der Waals surface area (Å²) in [6.07, 6.45) is 12.7. The molecule has 2 heterocycles. The molecule has 0 saturated carbocycles. The van der Waals surface area contributed by atoms with Crippen LogP contribution < -0.4 is 4.74 Å². The van der Waals surface area contributed by atoms with Gasteiger partial charge in [-0.2, -0.15) is 0 Å². The Labute approximate surface area is 134 Å². The highest BCUT2D eigenvalue weighted by molar-refractivity contribution is 5.63. The van der Waals surface area contributed by atoms with Crippen LogP contribution in [0, 0.1) is 0 Å². The maximum atomic E-state index is 6.03. The lowest BCUT2D eigenvalue weighted by molar-refractivity contribution is 0.230. The molecule has 0 unspecified atom stereocenters. The molecule has 2 nitrogen and oxygen atoms in total. The van der Waals surface area contributed by atoms with Gasteiger partial charge in [-0.15, -0.1) is 0 Å². The van der Waals surface area contributed by atoms with E-state index in [0.29, 0.717) is 0 Å². The number of rotatable bonds is 3. The van der Waals surface area contributed by atoms with Gasteiger partial charge in [0.1, 0.15) is 5.75 Å². The van der Waals surface area contributed by atoms with Crippen molar-refractivity contribution in [1.82, 2.24) is 4.90 Å². The van der Waals surface area contributed by atoms with Crippen molar-refractivity contribution in [3.8, 4) is 5.75 Å². The first-order valence-corrected chi connectivity index (χ1v) is 9.09. The maximum Gasteiger partial charge on any atom is 0.126 e. The molecule has 2 aliphatic heterocycles. The minimum atomic E-state index is 0.845. The fourth-order valence-electron chi connectivity index (χ4n) is 4.12. The lowest BCUT2D eigenvalue weighted by atomic mass is 10.0. The molecule has 2 heteroatoms. The third-order valence-corrected chi connectivity index (χ3v) is 5.46. The standard InChI is InChI=1S/C20H27NO/c1-2-9-21(10-3-1)11-7-16-8-12-22-20-15-18-6-4-5-17(18)14-19(20)13-16/h13-15H,1-12H2. The van der Waals surface area contributed by atoms with E-state index < -0.39 is 0 Å². The minimum absolute atomic E-state index is 0.845. The molecule has 118 valence electrons. The first-order valence-electron chi connectivity index (χ1n) is 9.09. The second-order valence-corrected chi connectivity index (χ2v) is 7.07. The zero-order valence-corrected chi connectivity index (χ0v) is 13.6. The van der Waals surface area contributed by atoms with Crippen LogP contribution in [0.2, 0.25) is 0 Å². The van der Waals surface area contributed by atoms with E-state index in [0.717, 1.165) is 18.8 Å². The number of hydrogen-bond acceptors (Lipinski definition) is 2. The summed E-state index contributed by atoms with van der Waals surface area (Å²) < 4.78 is 6.03. The van der Waals surface area contributed by atoms with Crippen molar-refractivity contribution in [2.24, 2.45) is 0 Å². The van der Waals surface area contributed by atoms with E-state index in [1.807, 2.05) is 0 Å². The monoisotopic (exact) mass is 297 g/mol. The van der Waals surface area contributed by atoms with E-state index in [1.54, 1.807) is 11.1 Å². The average molecular weight is 297 g/mol. The van der Waals surface area contributed by atoms with Gasteiger partial charge in [0.15, 0.2) is 0 Å². The molecular weight excluding hydrogens is 270 g/mol. The van der Waals surface area contributed by atoms with Crippen LogP contribution in [-0.4, -0.2) is 31.1 Å². The van der Waals surface area contributed by atoms with Gasteiger partial charge < -0.3 is 9.64 Å². The first kappa shape index (κ1) is 14.3. The van der Waals surface area contributed by atoms with E-state index in [9.17, 15) is 0 Å². The third-order valence-electron chi connectivity index (χ3n) is 5.46. The number of nitrogens with zero attached hydrogens (tertiary/aromatic N) is 1. The van der Waals surface area contributed by atoms with Crippen LogP contribution in [-0.2, 0) is 12.8 Å². The van der Waals surface area contributed by atoms with Gasteiger partial charge in [-0.05, 0) is 74.9 Å². The van der Waals surface area contributed by atoms with Gasteiger partial charge in [-0.3, -0.25) is 0 Å². The number of ether oxygens (including phenoxy) is 1. The van der Waals surface area contributed by atoms with Crippen molar-refractivity contribution in [2.75, 3.05) is 26.2 Å². The Balaban J connectivity index is 1.48. The molecule has 0 amide bonds. The smallest absolute Gasteiger partial charge is 0.126 e. The Morgan fingerprint density at radius 3 is 2.59 bits per heavy atom. The van der Waals surface area contributed by atoms with E-state index >= 15 is 0 Å². The van der Waals surface area contributed by atoms with E-state index in [1.165, 1.54) is 75.7 Å². The summed E-state index contributed by atoms with van der Waals surface area (Å²) in [4.78, 5) is 2.64. The molecule has 0 spiro atoms. The second-order valence-electron chi connectivity index (χ2n) is 7.07. The molecule has 1 aliphatic carbocycles. The van der Waals surface area contributed by atoms with Crippen molar-refractivity contribution in [2.45, 2.75) is 51.4 Å². The van der Waals surface area contributed by atoms with Crippen LogP contribution in [0.15, 0.2) is 17.7 Å². The number of likely N-dealkylation sites (tertiary alicyclic amines) is 1. The Morgan fingerprint density at radius 2 is 1.73 bits per heavy atom. The van der Waals surface area contributed by atoms with Crippen LogP contribution in [0.25, 0.3) is 6.08 Å². The van der Waals surface area contributed by atoms with Crippen molar-refractivity contribution >= 4 is 6.08 Å². The largest absolute Gasteiger partial charge is 0.493 e. The molecule has 1 fully saturated rings. The summed E-state index contributed by atoms with van der Waals surface area (Å²) in [5, 5.41) is 0. The Hall–Kier alpha value is -1.28. The topological polar surface area (TPSA) is 12.5 Å². The molecule has 4 rings (SSSR count). The highest BCUT2D eigenvalue weighted by atomic mass is 16.5. The number of benzene rings is 1. The van der Waals surface area contributed by atoms with Gasteiger partial charge in [0.25, 0.3) is 0 Å². The molecule has 1 aromatic rings. The van der Waals surface area contributed by atoms with Crippen molar-refractivity contribution in [3.05, 3.63) is 34.4 Å².